The fraction of sp³-hybridized carbons (Fsp3) is 0.364. The molecular formula is C11H13FN2O4. The van der Waals surface area contributed by atoms with Crippen LogP contribution in [0.15, 0.2) is 18.2 Å². The summed E-state index contributed by atoms with van der Waals surface area (Å²) in [7, 11) is 0. The van der Waals surface area contributed by atoms with Crippen molar-refractivity contribution in [3.8, 4) is 0 Å². The monoisotopic (exact) mass is 256 g/mol. The molecule has 7 heteroatoms. The SMILES string of the molecule is CCOC(=O)C(C)Nc1ccc(F)c([N+](=O)[O-])c1. The third-order valence-electron chi connectivity index (χ3n) is 2.17. The van der Waals surface area contributed by atoms with Crippen molar-refractivity contribution in [2.24, 2.45) is 0 Å². The molecule has 18 heavy (non-hydrogen) atoms. The number of ether oxygens (including phenoxy) is 1. The number of carbonyl (C=O) groups excluding carboxylic acids is 1. The Bertz CT molecular complexity index is 464. The molecule has 0 heterocycles. The zero-order valence-corrected chi connectivity index (χ0v) is 9.97. The lowest BCUT2D eigenvalue weighted by molar-refractivity contribution is -0.387. The highest BCUT2D eigenvalue weighted by Crippen LogP contribution is 2.22. The second-order valence-corrected chi connectivity index (χ2v) is 3.54. The quantitative estimate of drug-likeness (QED) is 0.495. The number of nitrogens with zero attached hydrogens (tertiary/aromatic N) is 1. The zero-order chi connectivity index (χ0) is 13.7. The van der Waals surface area contributed by atoms with E-state index in [1.807, 2.05) is 0 Å². The molecule has 0 fully saturated rings. The third-order valence-corrected chi connectivity index (χ3v) is 2.17. The molecule has 0 amide bonds. The van der Waals surface area contributed by atoms with Crippen LogP contribution < -0.4 is 5.32 Å². The predicted molar refractivity (Wildman–Crippen MR) is 62.8 cm³/mol. The van der Waals surface area contributed by atoms with Crippen LogP contribution in [0.5, 0.6) is 0 Å². The largest absolute Gasteiger partial charge is 0.464 e. The number of hydrogen-bond acceptors (Lipinski definition) is 5. The first-order chi connectivity index (χ1) is 8.45. The summed E-state index contributed by atoms with van der Waals surface area (Å²) >= 11 is 0. The summed E-state index contributed by atoms with van der Waals surface area (Å²) in [5, 5.41) is 13.2. The fourth-order valence-electron chi connectivity index (χ4n) is 1.32. The number of esters is 1. The number of anilines is 1. The van der Waals surface area contributed by atoms with Crippen LogP contribution in [0.2, 0.25) is 0 Å². The lowest BCUT2D eigenvalue weighted by Crippen LogP contribution is -2.28. The maximum atomic E-state index is 13.1. The van der Waals surface area contributed by atoms with Crippen LogP contribution >= 0.6 is 0 Å². The topological polar surface area (TPSA) is 81.5 Å². The van der Waals surface area contributed by atoms with Crippen molar-refractivity contribution in [3.63, 3.8) is 0 Å². The Morgan fingerprint density at radius 3 is 2.83 bits per heavy atom. The van der Waals surface area contributed by atoms with E-state index < -0.39 is 28.4 Å². The standard InChI is InChI=1S/C11H13FN2O4/c1-3-18-11(15)7(2)13-8-4-5-9(12)10(6-8)14(16)17/h4-7,13H,3H2,1-2H3. The molecule has 1 rings (SSSR count). The number of halogens is 1. The number of nitro groups is 1. The third kappa shape index (κ3) is 3.41. The van der Waals surface area contributed by atoms with Gasteiger partial charge in [0.15, 0.2) is 0 Å². The van der Waals surface area contributed by atoms with Crippen LogP contribution in [0.25, 0.3) is 0 Å². The molecule has 0 saturated heterocycles. The van der Waals surface area contributed by atoms with Gasteiger partial charge in [-0.3, -0.25) is 10.1 Å². The van der Waals surface area contributed by atoms with E-state index in [-0.39, 0.29) is 12.3 Å². The molecule has 0 spiro atoms. The van der Waals surface area contributed by atoms with Crippen LogP contribution in [0.1, 0.15) is 13.8 Å². The van der Waals surface area contributed by atoms with E-state index in [4.69, 9.17) is 4.74 Å². The molecule has 0 aliphatic heterocycles. The highest BCUT2D eigenvalue weighted by Gasteiger charge is 2.17. The van der Waals surface area contributed by atoms with Crippen molar-refractivity contribution in [3.05, 3.63) is 34.1 Å². The van der Waals surface area contributed by atoms with E-state index in [1.54, 1.807) is 13.8 Å². The number of hydrogen-bond donors (Lipinski definition) is 1. The maximum Gasteiger partial charge on any atom is 0.328 e. The van der Waals surface area contributed by atoms with Gasteiger partial charge in [-0.05, 0) is 26.0 Å². The number of rotatable bonds is 5. The van der Waals surface area contributed by atoms with E-state index in [1.165, 1.54) is 6.07 Å². The summed E-state index contributed by atoms with van der Waals surface area (Å²) in [6.07, 6.45) is 0. The predicted octanol–water partition coefficient (Wildman–Crippen LogP) is 2.10. The van der Waals surface area contributed by atoms with Crippen molar-refractivity contribution in [2.45, 2.75) is 19.9 Å². The fourth-order valence-corrected chi connectivity index (χ4v) is 1.32. The lowest BCUT2D eigenvalue weighted by atomic mass is 10.2. The molecule has 0 saturated carbocycles. The molecular weight excluding hydrogens is 243 g/mol. The number of nitrogens with one attached hydrogen (secondary N) is 1. The van der Waals surface area contributed by atoms with Gasteiger partial charge in [0, 0.05) is 11.8 Å². The minimum absolute atomic E-state index is 0.244. The van der Waals surface area contributed by atoms with Crippen molar-refractivity contribution in [1.29, 1.82) is 0 Å². The summed E-state index contributed by atoms with van der Waals surface area (Å²) in [6, 6.07) is 2.65. The van der Waals surface area contributed by atoms with Crippen LogP contribution in [0, 0.1) is 15.9 Å². The van der Waals surface area contributed by atoms with Gasteiger partial charge in [-0.2, -0.15) is 4.39 Å². The summed E-state index contributed by atoms with van der Waals surface area (Å²) in [4.78, 5) is 21.1. The number of benzene rings is 1. The van der Waals surface area contributed by atoms with Crippen molar-refractivity contribution in [1.82, 2.24) is 0 Å². The summed E-state index contributed by atoms with van der Waals surface area (Å²) in [6.45, 7) is 3.47. The van der Waals surface area contributed by atoms with Gasteiger partial charge in [0.25, 0.3) is 0 Å². The molecule has 1 aromatic carbocycles. The average molecular weight is 256 g/mol. The summed E-state index contributed by atoms with van der Waals surface area (Å²) < 4.78 is 17.8. The molecule has 6 nitrogen and oxygen atoms in total. The van der Waals surface area contributed by atoms with Crippen LogP contribution in [0.4, 0.5) is 15.8 Å². The Balaban J connectivity index is 2.82. The molecule has 0 radical (unpaired) electrons. The first-order valence-corrected chi connectivity index (χ1v) is 5.32. The van der Waals surface area contributed by atoms with Gasteiger partial charge in [0.05, 0.1) is 11.5 Å². The molecule has 0 bridgehead atoms. The highest BCUT2D eigenvalue weighted by atomic mass is 19.1. The normalized spacial score (nSPS) is 11.7. The van der Waals surface area contributed by atoms with Gasteiger partial charge in [-0.25, -0.2) is 4.79 Å². The van der Waals surface area contributed by atoms with E-state index >= 15 is 0 Å². The zero-order valence-electron chi connectivity index (χ0n) is 9.97. The van der Waals surface area contributed by atoms with Crippen LogP contribution in [-0.4, -0.2) is 23.5 Å². The van der Waals surface area contributed by atoms with E-state index in [0.29, 0.717) is 0 Å². The Morgan fingerprint density at radius 2 is 2.28 bits per heavy atom. The number of carbonyl (C=O) groups is 1. The Morgan fingerprint density at radius 1 is 1.61 bits per heavy atom. The van der Waals surface area contributed by atoms with E-state index in [0.717, 1.165) is 12.1 Å². The van der Waals surface area contributed by atoms with Gasteiger partial charge >= 0.3 is 11.7 Å². The first kappa shape index (κ1) is 13.9. The molecule has 98 valence electrons. The molecule has 0 aromatic heterocycles. The Labute approximate surface area is 103 Å². The summed E-state index contributed by atoms with van der Waals surface area (Å²) in [5.41, 5.74) is -0.361. The van der Waals surface area contributed by atoms with E-state index in [9.17, 15) is 19.3 Å². The van der Waals surface area contributed by atoms with Gasteiger partial charge in [-0.1, -0.05) is 0 Å². The Kier molecular flexibility index (Phi) is 4.59. The molecule has 1 aromatic rings. The minimum Gasteiger partial charge on any atom is -0.464 e. The molecule has 0 aliphatic rings. The second-order valence-electron chi connectivity index (χ2n) is 3.54. The Hall–Kier alpha value is -2.18. The van der Waals surface area contributed by atoms with Gasteiger partial charge in [0.1, 0.15) is 6.04 Å². The second kappa shape index (κ2) is 5.95. The van der Waals surface area contributed by atoms with Crippen molar-refractivity contribution >= 4 is 17.3 Å². The lowest BCUT2D eigenvalue weighted by Gasteiger charge is -2.13. The van der Waals surface area contributed by atoms with Crippen molar-refractivity contribution in [2.75, 3.05) is 11.9 Å². The smallest absolute Gasteiger partial charge is 0.328 e. The first-order valence-electron chi connectivity index (χ1n) is 5.32. The van der Waals surface area contributed by atoms with Crippen LogP contribution in [-0.2, 0) is 9.53 Å². The van der Waals surface area contributed by atoms with E-state index in [2.05, 4.69) is 5.32 Å². The number of nitro benzene ring substituents is 1. The maximum absolute atomic E-state index is 13.1. The highest BCUT2D eigenvalue weighted by molar-refractivity contribution is 5.79. The van der Waals surface area contributed by atoms with Crippen LogP contribution in [0.3, 0.4) is 0 Å². The van der Waals surface area contributed by atoms with Gasteiger partial charge in [-0.15, -0.1) is 0 Å². The molecule has 1 N–H and O–H groups in total. The average Bonchev–Trinajstić information content (AvgIpc) is 2.31. The minimum atomic E-state index is -0.922. The molecule has 1 unspecified atom stereocenters. The molecule has 0 aliphatic carbocycles. The van der Waals surface area contributed by atoms with Gasteiger partial charge < -0.3 is 10.1 Å². The molecule has 1 atom stereocenters. The summed E-state index contributed by atoms with van der Waals surface area (Å²) in [5.74, 6) is -1.40. The van der Waals surface area contributed by atoms with Gasteiger partial charge in [0.2, 0.25) is 5.82 Å². The van der Waals surface area contributed by atoms with Crippen molar-refractivity contribution < 1.29 is 18.8 Å².